The fourth-order valence-corrected chi connectivity index (χ4v) is 2.97. The van der Waals surface area contributed by atoms with Crippen molar-refractivity contribution < 1.29 is 0 Å². The first-order valence-electron chi connectivity index (χ1n) is 8.03. The summed E-state index contributed by atoms with van der Waals surface area (Å²) in [5, 5.41) is 7.22. The van der Waals surface area contributed by atoms with Crippen molar-refractivity contribution in [3.8, 4) is 0 Å². The summed E-state index contributed by atoms with van der Waals surface area (Å²) in [5.41, 5.74) is 5.01. The van der Waals surface area contributed by atoms with E-state index < -0.39 is 0 Å². The number of anilines is 3. The number of halogens is 1. The van der Waals surface area contributed by atoms with Crippen LogP contribution in [0.15, 0.2) is 42.7 Å². The zero-order valence-corrected chi connectivity index (χ0v) is 15.2. The number of nitrogens with zero attached hydrogens (tertiary/aromatic N) is 3. The molecule has 0 aliphatic carbocycles. The van der Waals surface area contributed by atoms with Gasteiger partial charge in [0.05, 0.1) is 10.7 Å². The molecule has 0 aliphatic heterocycles. The average Bonchev–Trinajstić information content (AvgIpc) is 2.57. The molecule has 0 saturated carbocycles. The second-order valence-corrected chi connectivity index (χ2v) is 6.40. The number of aromatic nitrogens is 3. The predicted molar refractivity (Wildman–Crippen MR) is 103 cm³/mol. The molecular formula is C19H20ClN5. The highest BCUT2D eigenvalue weighted by Gasteiger charge is 2.08. The standard InChI is InChI=1S/C19H20ClN5/c1-12-7-13(2)18(16(20)8-12)24-17-9-14(3)23-19(25-17)22-11-15-5-4-6-21-10-15/h4-10H,11H2,1-3H3,(H2,22,23,24,25). The smallest absolute Gasteiger partial charge is 0.225 e. The highest BCUT2D eigenvalue weighted by molar-refractivity contribution is 6.33. The lowest BCUT2D eigenvalue weighted by molar-refractivity contribution is 1.02. The van der Waals surface area contributed by atoms with E-state index in [0.717, 1.165) is 28.1 Å². The third kappa shape index (κ3) is 4.45. The SMILES string of the molecule is Cc1cc(C)c(Nc2cc(C)nc(NCc3cccnc3)n2)c(Cl)c1. The van der Waals surface area contributed by atoms with Crippen molar-refractivity contribution in [3.63, 3.8) is 0 Å². The summed E-state index contributed by atoms with van der Waals surface area (Å²) in [4.78, 5) is 13.1. The van der Waals surface area contributed by atoms with Crippen LogP contribution in [0, 0.1) is 20.8 Å². The maximum absolute atomic E-state index is 6.38. The minimum atomic E-state index is 0.562. The van der Waals surface area contributed by atoms with Gasteiger partial charge >= 0.3 is 0 Å². The largest absolute Gasteiger partial charge is 0.350 e. The molecule has 0 atom stereocenters. The fourth-order valence-electron chi connectivity index (χ4n) is 2.60. The maximum atomic E-state index is 6.38. The molecule has 2 heterocycles. The van der Waals surface area contributed by atoms with Crippen molar-refractivity contribution in [2.24, 2.45) is 0 Å². The van der Waals surface area contributed by atoms with Crippen molar-refractivity contribution >= 4 is 29.1 Å². The molecule has 25 heavy (non-hydrogen) atoms. The maximum Gasteiger partial charge on any atom is 0.225 e. The van der Waals surface area contributed by atoms with Gasteiger partial charge in [0.2, 0.25) is 5.95 Å². The molecule has 0 saturated heterocycles. The van der Waals surface area contributed by atoms with E-state index in [1.54, 1.807) is 6.20 Å². The van der Waals surface area contributed by atoms with Gasteiger partial charge in [0.1, 0.15) is 5.82 Å². The van der Waals surface area contributed by atoms with Gasteiger partial charge < -0.3 is 10.6 Å². The van der Waals surface area contributed by atoms with Gasteiger partial charge in [-0.25, -0.2) is 4.98 Å². The first-order chi connectivity index (χ1) is 12.0. The Morgan fingerprint density at radius 3 is 2.64 bits per heavy atom. The molecule has 0 fully saturated rings. The topological polar surface area (TPSA) is 62.7 Å². The van der Waals surface area contributed by atoms with E-state index in [9.17, 15) is 0 Å². The molecule has 128 valence electrons. The third-order valence-electron chi connectivity index (χ3n) is 3.71. The van der Waals surface area contributed by atoms with Crippen molar-refractivity contribution in [1.29, 1.82) is 0 Å². The van der Waals surface area contributed by atoms with Gasteiger partial charge in [-0.1, -0.05) is 23.7 Å². The number of pyridine rings is 1. The molecule has 3 rings (SSSR count). The van der Waals surface area contributed by atoms with E-state index in [0.29, 0.717) is 23.3 Å². The van der Waals surface area contributed by atoms with Gasteiger partial charge in [-0.2, -0.15) is 4.98 Å². The van der Waals surface area contributed by atoms with Gasteiger partial charge in [-0.3, -0.25) is 4.98 Å². The lowest BCUT2D eigenvalue weighted by Crippen LogP contribution is -2.07. The van der Waals surface area contributed by atoms with Gasteiger partial charge in [-0.05, 0) is 49.6 Å². The molecule has 0 aliphatic rings. The molecule has 0 radical (unpaired) electrons. The molecular weight excluding hydrogens is 334 g/mol. The highest BCUT2D eigenvalue weighted by atomic mass is 35.5. The fraction of sp³-hybridized carbons (Fsp3) is 0.211. The molecule has 2 aromatic heterocycles. The number of benzene rings is 1. The normalized spacial score (nSPS) is 10.6. The summed E-state index contributed by atoms with van der Waals surface area (Å²) in [6, 6.07) is 9.83. The Morgan fingerprint density at radius 2 is 1.92 bits per heavy atom. The Kier molecular flexibility index (Phi) is 5.14. The quantitative estimate of drug-likeness (QED) is 0.689. The molecule has 1 aromatic carbocycles. The Bertz CT molecular complexity index is 857. The van der Waals surface area contributed by atoms with E-state index >= 15 is 0 Å². The number of hydrogen-bond acceptors (Lipinski definition) is 5. The Morgan fingerprint density at radius 1 is 1.08 bits per heavy atom. The second-order valence-electron chi connectivity index (χ2n) is 6.00. The minimum Gasteiger partial charge on any atom is -0.350 e. The van der Waals surface area contributed by atoms with Gasteiger partial charge in [-0.15, -0.1) is 0 Å². The summed E-state index contributed by atoms with van der Waals surface area (Å²) in [5.74, 6) is 1.27. The first-order valence-corrected chi connectivity index (χ1v) is 8.41. The van der Waals surface area contributed by atoms with Crippen LogP contribution in [0.3, 0.4) is 0 Å². The average molecular weight is 354 g/mol. The molecule has 0 unspecified atom stereocenters. The Hall–Kier alpha value is -2.66. The zero-order valence-electron chi connectivity index (χ0n) is 14.5. The van der Waals surface area contributed by atoms with Crippen LogP contribution in [-0.4, -0.2) is 15.0 Å². The summed E-state index contributed by atoms with van der Waals surface area (Å²) < 4.78 is 0. The lowest BCUT2D eigenvalue weighted by Gasteiger charge is -2.13. The first kappa shape index (κ1) is 17.2. The van der Waals surface area contributed by atoms with Crippen LogP contribution >= 0.6 is 11.6 Å². The molecule has 3 aromatic rings. The number of rotatable bonds is 5. The summed E-state index contributed by atoms with van der Waals surface area (Å²) >= 11 is 6.38. The van der Waals surface area contributed by atoms with Crippen molar-refractivity contribution in [3.05, 3.63) is 70.1 Å². The van der Waals surface area contributed by atoms with E-state index in [2.05, 4.69) is 31.7 Å². The molecule has 5 nitrogen and oxygen atoms in total. The van der Waals surface area contributed by atoms with E-state index in [1.165, 1.54) is 0 Å². The minimum absolute atomic E-state index is 0.562. The third-order valence-corrected chi connectivity index (χ3v) is 4.01. The van der Waals surface area contributed by atoms with Crippen LogP contribution in [0.4, 0.5) is 17.5 Å². The lowest BCUT2D eigenvalue weighted by atomic mass is 10.1. The molecule has 0 bridgehead atoms. The summed E-state index contributed by atoms with van der Waals surface area (Å²) in [7, 11) is 0. The Balaban J connectivity index is 1.80. The summed E-state index contributed by atoms with van der Waals surface area (Å²) in [6.45, 7) is 6.60. The van der Waals surface area contributed by atoms with E-state index in [-0.39, 0.29) is 0 Å². The monoisotopic (exact) mass is 353 g/mol. The zero-order chi connectivity index (χ0) is 17.8. The second kappa shape index (κ2) is 7.49. The van der Waals surface area contributed by atoms with Gasteiger partial charge in [0.25, 0.3) is 0 Å². The number of nitrogens with one attached hydrogen (secondary N) is 2. The van der Waals surface area contributed by atoms with Crippen LogP contribution in [0.1, 0.15) is 22.4 Å². The van der Waals surface area contributed by atoms with Crippen LogP contribution in [0.5, 0.6) is 0 Å². The Labute approximate surface area is 152 Å². The van der Waals surface area contributed by atoms with Crippen LogP contribution < -0.4 is 10.6 Å². The molecule has 6 heteroatoms. The van der Waals surface area contributed by atoms with Gasteiger partial charge in [0, 0.05) is 30.7 Å². The highest BCUT2D eigenvalue weighted by Crippen LogP contribution is 2.30. The molecule has 0 amide bonds. The van der Waals surface area contributed by atoms with Crippen LogP contribution in [0.2, 0.25) is 5.02 Å². The van der Waals surface area contributed by atoms with Gasteiger partial charge in [0.15, 0.2) is 0 Å². The number of aryl methyl sites for hydroxylation is 3. The van der Waals surface area contributed by atoms with Crippen LogP contribution in [-0.2, 0) is 6.54 Å². The van der Waals surface area contributed by atoms with E-state index in [4.69, 9.17) is 11.6 Å². The molecule has 0 spiro atoms. The van der Waals surface area contributed by atoms with Crippen LogP contribution in [0.25, 0.3) is 0 Å². The van der Waals surface area contributed by atoms with E-state index in [1.807, 2.05) is 51.2 Å². The van der Waals surface area contributed by atoms with Crippen molar-refractivity contribution in [2.45, 2.75) is 27.3 Å². The number of hydrogen-bond donors (Lipinski definition) is 2. The molecule has 2 N–H and O–H groups in total. The summed E-state index contributed by atoms with van der Waals surface area (Å²) in [6.07, 6.45) is 3.57. The van der Waals surface area contributed by atoms with Crippen molar-refractivity contribution in [2.75, 3.05) is 10.6 Å². The predicted octanol–water partition coefficient (Wildman–Crippen LogP) is 4.81. The van der Waals surface area contributed by atoms with Crippen molar-refractivity contribution in [1.82, 2.24) is 15.0 Å².